The normalized spacial score (nSPS) is 10.5. The fraction of sp³-hybridized carbons (Fsp3) is 0.222. The molecular weight excluding hydrogens is 316 g/mol. The zero-order chi connectivity index (χ0) is 17.6. The summed E-state index contributed by atoms with van der Waals surface area (Å²) in [6.07, 6.45) is 4.54. The SMILES string of the molecule is CCN(CC)c1ccc(NC(=O)c2ccnc(-n3cncn3)c2)cc1. The van der Waals surface area contributed by atoms with Crippen molar-refractivity contribution in [2.24, 2.45) is 0 Å². The van der Waals surface area contributed by atoms with Crippen LogP contribution < -0.4 is 10.2 Å². The van der Waals surface area contributed by atoms with E-state index < -0.39 is 0 Å². The molecular formula is C18H20N6O. The molecule has 7 nitrogen and oxygen atoms in total. The van der Waals surface area contributed by atoms with E-state index in [1.165, 1.54) is 17.3 Å². The second kappa shape index (κ2) is 7.57. The number of aromatic nitrogens is 4. The van der Waals surface area contributed by atoms with E-state index in [-0.39, 0.29) is 5.91 Å². The van der Waals surface area contributed by atoms with Crippen LogP contribution in [0.5, 0.6) is 0 Å². The molecule has 0 bridgehead atoms. The molecule has 0 radical (unpaired) electrons. The van der Waals surface area contributed by atoms with Gasteiger partial charge in [-0.1, -0.05) is 0 Å². The van der Waals surface area contributed by atoms with Gasteiger partial charge in [-0.15, -0.1) is 0 Å². The van der Waals surface area contributed by atoms with Gasteiger partial charge in [-0.25, -0.2) is 14.6 Å². The number of rotatable bonds is 6. The van der Waals surface area contributed by atoms with E-state index in [2.05, 4.69) is 39.1 Å². The Kier molecular flexibility index (Phi) is 5.03. The van der Waals surface area contributed by atoms with Crippen molar-refractivity contribution in [3.8, 4) is 5.82 Å². The first-order chi connectivity index (χ1) is 12.2. The van der Waals surface area contributed by atoms with Crippen LogP contribution in [0.15, 0.2) is 55.2 Å². The smallest absolute Gasteiger partial charge is 0.255 e. The summed E-state index contributed by atoms with van der Waals surface area (Å²) in [6.45, 7) is 6.14. The van der Waals surface area contributed by atoms with Gasteiger partial charge in [0, 0.05) is 36.2 Å². The number of hydrogen-bond acceptors (Lipinski definition) is 5. The number of pyridine rings is 1. The Balaban J connectivity index is 1.73. The van der Waals surface area contributed by atoms with Gasteiger partial charge >= 0.3 is 0 Å². The van der Waals surface area contributed by atoms with E-state index in [0.29, 0.717) is 11.4 Å². The highest BCUT2D eigenvalue weighted by atomic mass is 16.1. The standard InChI is InChI=1S/C18H20N6O/c1-3-23(4-2)16-7-5-15(6-8-16)22-18(25)14-9-10-20-17(11-14)24-13-19-12-21-24/h5-13H,3-4H2,1-2H3,(H,22,25). The number of amides is 1. The van der Waals surface area contributed by atoms with E-state index in [1.54, 1.807) is 18.3 Å². The molecule has 0 saturated carbocycles. The number of anilines is 2. The molecule has 0 spiro atoms. The average molecular weight is 336 g/mol. The zero-order valence-corrected chi connectivity index (χ0v) is 14.3. The summed E-state index contributed by atoms with van der Waals surface area (Å²) in [5, 5.41) is 6.92. The molecule has 0 aliphatic carbocycles. The fourth-order valence-corrected chi connectivity index (χ4v) is 2.56. The first-order valence-electron chi connectivity index (χ1n) is 8.18. The van der Waals surface area contributed by atoms with Crippen LogP contribution in [0.25, 0.3) is 5.82 Å². The van der Waals surface area contributed by atoms with Crippen LogP contribution in [0, 0.1) is 0 Å². The summed E-state index contributed by atoms with van der Waals surface area (Å²) in [6, 6.07) is 11.2. The minimum absolute atomic E-state index is 0.195. The van der Waals surface area contributed by atoms with E-state index in [0.717, 1.165) is 24.5 Å². The van der Waals surface area contributed by atoms with Gasteiger partial charge < -0.3 is 10.2 Å². The zero-order valence-electron chi connectivity index (χ0n) is 14.3. The van der Waals surface area contributed by atoms with Crippen molar-refractivity contribution in [1.82, 2.24) is 19.7 Å². The molecule has 3 rings (SSSR count). The van der Waals surface area contributed by atoms with Gasteiger partial charge in [0.1, 0.15) is 12.7 Å². The van der Waals surface area contributed by atoms with Crippen molar-refractivity contribution in [3.63, 3.8) is 0 Å². The highest BCUT2D eigenvalue weighted by Gasteiger charge is 2.09. The third-order valence-corrected chi connectivity index (χ3v) is 3.91. The minimum Gasteiger partial charge on any atom is -0.372 e. The lowest BCUT2D eigenvalue weighted by Gasteiger charge is -2.21. The first kappa shape index (κ1) is 16.6. The number of carbonyl (C=O) groups excluding carboxylic acids is 1. The van der Waals surface area contributed by atoms with Crippen molar-refractivity contribution in [2.75, 3.05) is 23.3 Å². The fourth-order valence-electron chi connectivity index (χ4n) is 2.56. The minimum atomic E-state index is -0.195. The van der Waals surface area contributed by atoms with Crippen LogP contribution >= 0.6 is 0 Å². The van der Waals surface area contributed by atoms with Gasteiger partial charge in [0.05, 0.1) is 0 Å². The number of hydrogen-bond donors (Lipinski definition) is 1. The van der Waals surface area contributed by atoms with Gasteiger partial charge in [0.2, 0.25) is 0 Å². The van der Waals surface area contributed by atoms with Gasteiger partial charge in [-0.05, 0) is 50.2 Å². The molecule has 1 aromatic carbocycles. The molecule has 0 aliphatic rings. The Labute approximate surface area is 146 Å². The van der Waals surface area contributed by atoms with Crippen molar-refractivity contribution < 1.29 is 4.79 Å². The predicted molar refractivity (Wildman–Crippen MR) is 97.1 cm³/mol. The van der Waals surface area contributed by atoms with Crippen molar-refractivity contribution >= 4 is 17.3 Å². The Morgan fingerprint density at radius 3 is 2.56 bits per heavy atom. The summed E-state index contributed by atoms with van der Waals surface area (Å²) < 4.78 is 1.51. The monoisotopic (exact) mass is 336 g/mol. The summed E-state index contributed by atoms with van der Waals surface area (Å²) in [5.74, 6) is 0.349. The lowest BCUT2D eigenvalue weighted by molar-refractivity contribution is 0.102. The lowest BCUT2D eigenvalue weighted by Crippen LogP contribution is -2.21. The van der Waals surface area contributed by atoms with E-state index in [4.69, 9.17) is 0 Å². The van der Waals surface area contributed by atoms with E-state index in [1.807, 2.05) is 24.3 Å². The topological polar surface area (TPSA) is 75.9 Å². The first-order valence-corrected chi connectivity index (χ1v) is 8.18. The van der Waals surface area contributed by atoms with Crippen molar-refractivity contribution in [1.29, 1.82) is 0 Å². The molecule has 0 unspecified atom stereocenters. The number of carbonyl (C=O) groups is 1. The highest BCUT2D eigenvalue weighted by Crippen LogP contribution is 2.18. The molecule has 2 aromatic heterocycles. The molecule has 1 N–H and O–H groups in total. The highest BCUT2D eigenvalue weighted by molar-refractivity contribution is 6.04. The lowest BCUT2D eigenvalue weighted by atomic mass is 10.2. The largest absolute Gasteiger partial charge is 0.372 e. The Morgan fingerprint density at radius 2 is 1.92 bits per heavy atom. The molecule has 0 saturated heterocycles. The van der Waals surface area contributed by atoms with Gasteiger partial charge in [0.25, 0.3) is 5.91 Å². The van der Waals surface area contributed by atoms with Crippen LogP contribution in [-0.2, 0) is 0 Å². The van der Waals surface area contributed by atoms with E-state index >= 15 is 0 Å². The maximum absolute atomic E-state index is 12.5. The van der Waals surface area contributed by atoms with Gasteiger partial charge in [-0.2, -0.15) is 5.10 Å². The maximum atomic E-state index is 12.5. The molecule has 7 heteroatoms. The number of benzene rings is 1. The Bertz CT molecular complexity index is 825. The molecule has 128 valence electrons. The van der Waals surface area contributed by atoms with Crippen molar-refractivity contribution in [3.05, 3.63) is 60.8 Å². The van der Waals surface area contributed by atoms with Crippen molar-refractivity contribution in [2.45, 2.75) is 13.8 Å². The quantitative estimate of drug-likeness (QED) is 0.749. The summed E-state index contributed by atoms with van der Waals surface area (Å²) >= 11 is 0. The van der Waals surface area contributed by atoms with Crippen LogP contribution in [0.3, 0.4) is 0 Å². The predicted octanol–water partition coefficient (Wildman–Crippen LogP) is 2.76. The van der Waals surface area contributed by atoms with Gasteiger partial charge in [-0.3, -0.25) is 4.79 Å². The molecule has 25 heavy (non-hydrogen) atoms. The molecule has 3 aromatic rings. The third-order valence-electron chi connectivity index (χ3n) is 3.91. The van der Waals surface area contributed by atoms with Crippen LogP contribution in [0.2, 0.25) is 0 Å². The molecule has 0 aliphatic heterocycles. The molecule has 0 atom stereocenters. The Morgan fingerprint density at radius 1 is 1.16 bits per heavy atom. The summed E-state index contributed by atoms with van der Waals surface area (Å²) in [7, 11) is 0. The van der Waals surface area contributed by atoms with Crippen LogP contribution in [0.1, 0.15) is 24.2 Å². The molecule has 0 fully saturated rings. The number of nitrogens with one attached hydrogen (secondary N) is 1. The maximum Gasteiger partial charge on any atom is 0.255 e. The molecule has 2 heterocycles. The average Bonchev–Trinajstić information content (AvgIpc) is 3.19. The third kappa shape index (κ3) is 3.82. The summed E-state index contributed by atoms with van der Waals surface area (Å²) in [4.78, 5) is 22.8. The number of nitrogens with zero attached hydrogens (tertiary/aromatic N) is 5. The Hall–Kier alpha value is -3.22. The van der Waals surface area contributed by atoms with Gasteiger partial charge in [0.15, 0.2) is 5.82 Å². The molecule has 1 amide bonds. The van der Waals surface area contributed by atoms with E-state index in [9.17, 15) is 4.79 Å². The van der Waals surface area contributed by atoms with Crippen LogP contribution in [0.4, 0.5) is 11.4 Å². The second-order valence-electron chi connectivity index (χ2n) is 5.42. The van der Waals surface area contributed by atoms with Crippen LogP contribution in [-0.4, -0.2) is 38.7 Å². The summed E-state index contributed by atoms with van der Waals surface area (Å²) in [5.41, 5.74) is 2.40. The second-order valence-corrected chi connectivity index (χ2v) is 5.42.